The Morgan fingerprint density at radius 1 is 1.21 bits per heavy atom. The van der Waals surface area contributed by atoms with E-state index in [0.717, 1.165) is 29.5 Å². The van der Waals surface area contributed by atoms with Gasteiger partial charge in [0.05, 0.1) is 29.5 Å². The molecule has 0 bridgehead atoms. The molecule has 10 heteroatoms. The maximum absolute atomic E-state index is 14.9. The minimum atomic E-state index is -0.340. The van der Waals surface area contributed by atoms with Crippen LogP contribution >= 0.6 is 0 Å². The highest BCUT2D eigenvalue weighted by atomic mass is 19.1. The summed E-state index contributed by atoms with van der Waals surface area (Å²) in [6, 6.07) is 9.24. The van der Waals surface area contributed by atoms with Crippen LogP contribution in [0.15, 0.2) is 49.1 Å². The Bertz CT molecular complexity index is 1280. The van der Waals surface area contributed by atoms with Gasteiger partial charge in [0.2, 0.25) is 0 Å². The predicted octanol–water partition coefficient (Wildman–Crippen LogP) is 3.92. The van der Waals surface area contributed by atoms with Gasteiger partial charge in [-0.05, 0) is 66.8 Å². The lowest BCUT2D eigenvalue weighted by molar-refractivity contribution is 0.0692. The Morgan fingerprint density at radius 3 is 2.71 bits per heavy atom. The summed E-state index contributed by atoms with van der Waals surface area (Å²) in [5, 5.41) is 11.8. The second kappa shape index (κ2) is 9.20. The number of rotatable bonds is 5. The van der Waals surface area contributed by atoms with Crippen LogP contribution in [0.1, 0.15) is 43.9 Å². The summed E-state index contributed by atoms with van der Waals surface area (Å²) >= 11 is 0. The lowest BCUT2D eigenvalue weighted by Gasteiger charge is -2.31. The van der Waals surface area contributed by atoms with Gasteiger partial charge in [-0.1, -0.05) is 6.07 Å². The lowest BCUT2D eigenvalue weighted by Crippen LogP contribution is -2.39. The molecule has 1 aromatic carbocycles. The van der Waals surface area contributed by atoms with Gasteiger partial charge >= 0.3 is 6.09 Å². The smallest absolute Gasteiger partial charge is 0.410 e. The molecule has 1 amide bonds. The van der Waals surface area contributed by atoms with Crippen LogP contribution in [0.2, 0.25) is 0 Å². The third-order valence-electron chi connectivity index (χ3n) is 6.15. The number of pyridine rings is 1. The van der Waals surface area contributed by atoms with Crippen LogP contribution in [0.25, 0.3) is 16.6 Å². The van der Waals surface area contributed by atoms with E-state index in [4.69, 9.17) is 4.74 Å². The average molecular weight is 464 g/mol. The van der Waals surface area contributed by atoms with E-state index < -0.39 is 0 Å². The first-order valence-corrected chi connectivity index (χ1v) is 11.4. The van der Waals surface area contributed by atoms with Crippen molar-refractivity contribution >= 4 is 17.0 Å². The Balaban J connectivity index is 1.26. The highest BCUT2D eigenvalue weighted by Crippen LogP contribution is 2.29. The molecular formula is C24H26FN7O2. The number of nitrogens with zero attached hydrogens (tertiary/aromatic N) is 7. The van der Waals surface area contributed by atoms with Crippen molar-refractivity contribution in [3.63, 3.8) is 0 Å². The average Bonchev–Trinajstić information content (AvgIpc) is 3.50. The maximum atomic E-state index is 14.9. The third-order valence-corrected chi connectivity index (χ3v) is 6.15. The summed E-state index contributed by atoms with van der Waals surface area (Å²) in [7, 11) is 0. The summed E-state index contributed by atoms with van der Waals surface area (Å²) in [4.78, 5) is 18.5. The van der Waals surface area contributed by atoms with E-state index in [0.29, 0.717) is 36.8 Å². The first-order chi connectivity index (χ1) is 16.5. The molecule has 5 rings (SSSR count). The first kappa shape index (κ1) is 22.0. The Morgan fingerprint density at radius 2 is 2.03 bits per heavy atom. The van der Waals surface area contributed by atoms with Gasteiger partial charge in [0.25, 0.3) is 0 Å². The number of likely N-dealkylation sites (tertiary alicyclic amines) is 1. The largest absolute Gasteiger partial charge is 0.447 e. The molecule has 4 aromatic rings. The number of aromatic nitrogens is 6. The molecule has 34 heavy (non-hydrogen) atoms. The number of ether oxygens (including phenoxy) is 1. The van der Waals surface area contributed by atoms with Gasteiger partial charge in [0, 0.05) is 36.9 Å². The van der Waals surface area contributed by atoms with Crippen LogP contribution in [0.3, 0.4) is 0 Å². The van der Waals surface area contributed by atoms with Gasteiger partial charge in [-0.25, -0.2) is 13.9 Å². The zero-order chi connectivity index (χ0) is 23.7. The SMILES string of the molecule is CC(C)OC(=O)N1CCC(c2ccc(Cn3ccc4cc(-n5cnnn5)cc(F)c43)nc2)CC1. The summed E-state index contributed by atoms with van der Waals surface area (Å²) in [6.07, 6.45) is 6.61. The molecular weight excluding hydrogens is 437 g/mol. The zero-order valence-corrected chi connectivity index (χ0v) is 19.1. The number of fused-ring (bicyclic) bond motifs is 1. The number of carbonyl (C=O) groups is 1. The zero-order valence-electron chi connectivity index (χ0n) is 19.1. The van der Waals surface area contributed by atoms with Gasteiger partial charge in [-0.3, -0.25) is 4.98 Å². The molecule has 4 heterocycles. The lowest BCUT2D eigenvalue weighted by atomic mass is 9.90. The molecule has 176 valence electrons. The molecule has 9 nitrogen and oxygen atoms in total. The van der Waals surface area contributed by atoms with E-state index in [1.165, 1.54) is 17.1 Å². The number of piperidine rings is 1. The minimum Gasteiger partial charge on any atom is -0.447 e. The molecule has 1 fully saturated rings. The summed E-state index contributed by atoms with van der Waals surface area (Å²) in [5.74, 6) is 0.0200. The predicted molar refractivity (Wildman–Crippen MR) is 123 cm³/mol. The van der Waals surface area contributed by atoms with Crippen LogP contribution in [0.4, 0.5) is 9.18 Å². The molecule has 1 aliphatic rings. The summed E-state index contributed by atoms with van der Waals surface area (Å²) in [5.41, 5.74) is 3.10. The van der Waals surface area contributed by atoms with Crippen molar-refractivity contribution in [3.05, 3.63) is 66.1 Å². The Labute approximate surface area is 196 Å². The van der Waals surface area contributed by atoms with E-state index in [1.807, 2.05) is 49.0 Å². The number of amides is 1. The molecule has 0 N–H and O–H groups in total. The van der Waals surface area contributed by atoms with Crippen molar-refractivity contribution in [1.82, 2.24) is 34.7 Å². The van der Waals surface area contributed by atoms with Gasteiger partial charge in [0.15, 0.2) is 0 Å². The van der Waals surface area contributed by atoms with E-state index >= 15 is 0 Å². The fourth-order valence-electron chi connectivity index (χ4n) is 4.44. The summed E-state index contributed by atoms with van der Waals surface area (Å²) in [6.45, 7) is 5.54. The van der Waals surface area contributed by atoms with Crippen LogP contribution in [0, 0.1) is 5.82 Å². The normalized spacial score (nSPS) is 14.8. The standard InChI is InChI=1S/C24H26FN7O2/c1-16(2)34-24(33)30-8-5-17(6-9-30)19-3-4-20(26-13-19)14-31-10-7-18-11-21(12-22(25)23(18)31)32-15-27-28-29-32/h3-4,7,10-13,15-17H,5-6,8-9,14H2,1-2H3. The molecule has 3 aromatic heterocycles. The molecule has 0 aliphatic carbocycles. The van der Waals surface area contributed by atoms with E-state index in [-0.39, 0.29) is 18.0 Å². The molecule has 0 radical (unpaired) electrons. The van der Waals surface area contributed by atoms with Crippen LogP contribution in [-0.4, -0.2) is 59.9 Å². The van der Waals surface area contributed by atoms with E-state index in [2.05, 4.69) is 26.6 Å². The molecule has 1 saturated heterocycles. The van der Waals surface area contributed by atoms with Crippen molar-refractivity contribution in [2.75, 3.05) is 13.1 Å². The highest BCUT2D eigenvalue weighted by molar-refractivity contribution is 5.83. The van der Waals surface area contributed by atoms with Crippen molar-refractivity contribution in [1.29, 1.82) is 0 Å². The molecule has 0 unspecified atom stereocenters. The number of hydrogen-bond donors (Lipinski definition) is 0. The second-order valence-corrected chi connectivity index (χ2v) is 8.84. The van der Waals surface area contributed by atoms with Gasteiger partial charge in [0.1, 0.15) is 12.1 Å². The molecule has 0 atom stereocenters. The highest BCUT2D eigenvalue weighted by Gasteiger charge is 2.25. The van der Waals surface area contributed by atoms with E-state index in [1.54, 1.807) is 4.90 Å². The monoisotopic (exact) mass is 463 g/mol. The molecule has 0 spiro atoms. The number of tetrazole rings is 1. The van der Waals surface area contributed by atoms with Crippen LogP contribution in [-0.2, 0) is 11.3 Å². The van der Waals surface area contributed by atoms with Gasteiger partial charge in [-0.2, -0.15) is 0 Å². The first-order valence-electron chi connectivity index (χ1n) is 11.4. The van der Waals surface area contributed by atoms with Crippen molar-refractivity contribution in [2.24, 2.45) is 0 Å². The fraction of sp³-hybridized carbons (Fsp3) is 0.375. The quantitative estimate of drug-likeness (QED) is 0.446. The summed E-state index contributed by atoms with van der Waals surface area (Å²) < 4.78 is 23.5. The topological polar surface area (TPSA) is 91.0 Å². The van der Waals surface area contributed by atoms with Crippen LogP contribution in [0.5, 0.6) is 0 Å². The van der Waals surface area contributed by atoms with E-state index in [9.17, 15) is 9.18 Å². The van der Waals surface area contributed by atoms with Gasteiger partial charge < -0.3 is 14.2 Å². The minimum absolute atomic E-state index is 0.110. The van der Waals surface area contributed by atoms with Gasteiger partial charge in [-0.15, -0.1) is 5.10 Å². The number of carbonyl (C=O) groups excluding carboxylic acids is 1. The maximum Gasteiger partial charge on any atom is 0.410 e. The molecule has 1 aliphatic heterocycles. The second-order valence-electron chi connectivity index (χ2n) is 8.84. The van der Waals surface area contributed by atoms with Crippen LogP contribution < -0.4 is 0 Å². The molecule has 0 saturated carbocycles. The van der Waals surface area contributed by atoms with Crippen molar-refractivity contribution in [2.45, 2.75) is 45.3 Å². The van der Waals surface area contributed by atoms with Crippen molar-refractivity contribution < 1.29 is 13.9 Å². The fourth-order valence-corrected chi connectivity index (χ4v) is 4.44. The third kappa shape index (κ3) is 4.48. The Hall–Kier alpha value is -3.82. The number of hydrogen-bond acceptors (Lipinski definition) is 6. The number of benzene rings is 1. The number of halogens is 1. The Kier molecular flexibility index (Phi) is 5.95. The van der Waals surface area contributed by atoms with Crippen molar-refractivity contribution in [3.8, 4) is 5.69 Å².